The first-order valence-electron chi connectivity index (χ1n) is 6.92. The number of esters is 1. The Bertz CT molecular complexity index is 461. The summed E-state index contributed by atoms with van der Waals surface area (Å²) >= 11 is 0. The lowest BCUT2D eigenvalue weighted by Crippen LogP contribution is -2.25. The fraction of sp³-hybridized carbons (Fsp3) is 0.562. The van der Waals surface area contributed by atoms with Gasteiger partial charge < -0.3 is 9.47 Å². The minimum absolute atomic E-state index is 0.239. The van der Waals surface area contributed by atoms with E-state index in [0.717, 1.165) is 17.5 Å². The van der Waals surface area contributed by atoms with E-state index in [-0.39, 0.29) is 11.6 Å². The number of rotatable bonds is 2. The molecule has 1 aromatic carbocycles. The van der Waals surface area contributed by atoms with Gasteiger partial charge in [-0.25, -0.2) is 4.79 Å². The van der Waals surface area contributed by atoms with E-state index in [1.807, 2.05) is 40.7 Å². The number of ether oxygens (including phenoxy) is 2. The molecule has 0 atom stereocenters. The predicted molar refractivity (Wildman–Crippen MR) is 76.9 cm³/mol. The van der Waals surface area contributed by atoms with E-state index in [1.54, 1.807) is 6.92 Å². The second-order valence-electron chi connectivity index (χ2n) is 5.06. The first-order chi connectivity index (χ1) is 8.93. The van der Waals surface area contributed by atoms with Crippen molar-refractivity contribution in [1.29, 1.82) is 0 Å². The highest BCUT2D eigenvalue weighted by Gasteiger charge is 2.33. The Kier molecular flexibility index (Phi) is 4.98. The molecule has 2 rings (SSSR count). The van der Waals surface area contributed by atoms with E-state index < -0.39 is 0 Å². The molecule has 0 aliphatic carbocycles. The van der Waals surface area contributed by atoms with Gasteiger partial charge in [0.25, 0.3) is 0 Å². The average molecular weight is 264 g/mol. The molecule has 0 spiro atoms. The molecule has 106 valence electrons. The van der Waals surface area contributed by atoms with Gasteiger partial charge in [-0.2, -0.15) is 0 Å². The first kappa shape index (κ1) is 15.5. The molecule has 0 unspecified atom stereocenters. The van der Waals surface area contributed by atoms with Crippen LogP contribution < -0.4 is 4.74 Å². The van der Waals surface area contributed by atoms with Crippen LogP contribution in [0.2, 0.25) is 0 Å². The third-order valence-electron chi connectivity index (χ3n) is 2.80. The highest BCUT2D eigenvalue weighted by Crippen LogP contribution is 2.38. The smallest absolute Gasteiger partial charge is 0.341 e. The van der Waals surface area contributed by atoms with Gasteiger partial charge in [-0.15, -0.1) is 0 Å². The maximum Gasteiger partial charge on any atom is 0.341 e. The zero-order valence-electron chi connectivity index (χ0n) is 12.8. The molecule has 0 aromatic heterocycles. The van der Waals surface area contributed by atoms with Crippen molar-refractivity contribution in [3.63, 3.8) is 0 Å². The second-order valence-corrected chi connectivity index (χ2v) is 5.06. The highest BCUT2D eigenvalue weighted by atomic mass is 16.5. The van der Waals surface area contributed by atoms with Crippen molar-refractivity contribution in [3.05, 3.63) is 28.8 Å². The Balaban J connectivity index is 0.000000861. The Morgan fingerprint density at radius 1 is 1.37 bits per heavy atom. The number of carbonyl (C=O) groups excluding carboxylic acids is 1. The Hall–Kier alpha value is -1.51. The summed E-state index contributed by atoms with van der Waals surface area (Å²) in [6.45, 7) is 12.2. The van der Waals surface area contributed by atoms with Gasteiger partial charge in [-0.1, -0.05) is 19.9 Å². The van der Waals surface area contributed by atoms with E-state index in [4.69, 9.17) is 9.47 Å². The van der Waals surface area contributed by atoms with Gasteiger partial charge in [-0.05, 0) is 44.9 Å². The molecule has 3 heteroatoms. The summed E-state index contributed by atoms with van der Waals surface area (Å²) < 4.78 is 10.9. The number of hydrogen-bond acceptors (Lipinski definition) is 3. The van der Waals surface area contributed by atoms with Gasteiger partial charge >= 0.3 is 5.97 Å². The summed E-state index contributed by atoms with van der Waals surface area (Å²) in [5, 5.41) is 0. The third-order valence-corrected chi connectivity index (χ3v) is 2.80. The molecule has 1 heterocycles. The summed E-state index contributed by atoms with van der Waals surface area (Å²) in [5.74, 6) is 0.393. The van der Waals surface area contributed by atoms with Crippen LogP contribution >= 0.6 is 0 Å². The molecule has 0 radical (unpaired) electrons. The number of benzene rings is 1. The van der Waals surface area contributed by atoms with Gasteiger partial charge in [0.15, 0.2) is 0 Å². The molecule has 0 saturated carbocycles. The number of aryl methyl sites for hydroxylation is 1. The Morgan fingerprint density at radius 2 is 2.00 bits per heavy atom. The number of hydrogen-bond donors (Lipinski definition) is 0. The van der Waals surface area contributed by atoms with Crippen molar-refractivity contribution < 1.29 is 14.3 Å². The second kappa shape index (κ2) is 6.09. The van der Waals surface area contributed by atoms with E-state index >= 15 is 0 Å². The summed E-state index contributed by atoms with van der Waals surface area (Å²) in [5.41, 5.74) is 2.47. The topological polar surface area (TPSA) is 35.5 Å². The molecular weight excluding hydrogens is 240 g/mol. The van der Waals surface area contributed by atoms with Crippen LogP contribution in [0, 0.1) is 6.92 Å². The Labute approximate surface area is 115 Å². The Morgan fingerprint density at radius 3 is 2.58 bits per heavy atom. The minimum Gasteiger partial charge on any atom is -0.486 e. The highest BCUT2D eigenvalue weighted by molar-refractivity contribution is 5.93. The first-order valence-corrected chi connectivity index (χ1v) is 6.92. The van der Waals surface area contributed by atoms with Crippen LogP contribution in [0.4, 0.5) is 0 Å². The minimum atomic E-state index is -0.301. The molecule has 1 aliphatic heterocycles. The van der Waals surface area contributed by atoms with E-state index in [9.17, 15) is 4.79 Å². The van der Waals surface area contributed by atoms with Crippen molar-refractivity contribution in [2.75, 3.05) is 6.61 Å². The van der Waals surface area contributed by atoms with Crippen LogP contribution in [-0.4, -0.2) is 18.2 Å². The lowest BCUT2D eigenvalue weighted by atomic mass is 9.98. The van der Waals surface area contributed by atoms with Crippen LogP contribution in [-0.2, 0) is 11.2 Å². The van der Waals surface area contributed by atoms with Gasteiger partial charge in [0, 0.05) is 6.42 Å². The molecule has 0 amide bonds. The third kappa shape index (κ3) is 3.49. The largest absolute Gasteiger partial charge is 0.486 e. The average Bonchev–Trinajstić information content (AvgIpc) is 2.64. The maximum absolute atomic E-state index is 11.9. The molecule has 0 saturated heterocycles. The predicted octanol–water partition coefficient (Wildman–Crippen LogP) is 3.91. The van der Waals surface area contributed by atoms with Crippen LogP contribution in [0.5, 0.6) is 5.75 Å². The zero-order chi connectivity index (χ0) is 14.6. The SMILES string of the molecule is CC.CCOC(=O)c1cc(C)cc2c1OC(C)(C)C2. The lowest BCUT2D eigenvalue weighted by Gasteiger charge is -2.17. The molecule has 1 aromatic rings. The van der Waals surface area contributed by atoms with Crippen LogP contribution in [0.25, 0.3) is 0 Å². The quantitative estimate of drug-likeness (QED) is 0.760. The normalized spacial score (nSPS) is 14.8. The van der Waals surface area contributed by atoms with E-state index in [2.05, 4.69) is 6.07 Å². The molecule has 19 heavy (non-hydrogen) atoms. The molecule has 0 N–H and O–H groups in total. The molecule has 3 nitrogen and oxygen atoms in total. The molecule has 0 bridgehead atoms. The number of fused-ring (bicyclic) bond motifs is 1. The summed E-state index contributed by atoms with van der Waals surface area (Å²) in [4.78, 5) is 11.9. The van der Waals surface area contributed by atoms with Gasteiger partial charge in [-0.3, -0.25) is 0 Å². The van der Waals surface area contributed by atoms with Crippen molar-refractivity contribution in [2.24, 2.45) is 0 Å². The lowest BCUT2D eigenvalue weighted by molar-refractivity contribution is 0.0516. The van der Waals surface area contributed by atoms with Crippen molar-refractivity contribution >= 4 is 5.97 Å². The zero-order valence-corrected chi connectivity index (χ0v) is 12.8. The maximum atomic E-state index is 11.9. The fourth-order valence-electron chi connectivity index (χ4n) is 2.23. The van der Waals surface area contributed by atoms with Crippen molar-refractivity contribution in [3.8, 4) is 5.75 Å². The summed E-state index contributed by atoms with van der Waals surface area (Å²) in [6.07, 6.45) is 0.830. The molecular formula is C16H24O3. The van der Waals surface area contributed by atoms with Crippen LogP contribution in [0.15, 0.2) is 12.1 Å². The van der Waals surface area contributed by atoms with Crippen molar-refractivity contribution in [1.82, 2.24) is 0 Å². The van der Waals surface area contributed by atoms with Gasteiger partial charge in [0.1, 0.15) is 16.9 Å². The van der Waals surface area contributed by atoms with Gasteiger partial charge in [0.05, 0.1) is 6.61 Å². The van der Waals surface area contributed by atoms with Gasteiger partial charge in [0.2, 0.25) is 0 Å². The monoisotopic (exact) mass is 264 g/mol. The molecule has 1 aliphatic rings. The van der Waals surface area contributed by atoms with Crippen LogP contribution in [0.3, 0.4) is 0 Å². The summed E-state index contributed by atoms with van der Waals surface area (Å²) in [7, 11) is 0. The van der Waals surface area contributed by atoms with Crippen LogP contribution in [0.1, 0.15) is 56.1 Å². The van der Waals surface area contributed by atoms with Crippen molar-refractivity contribution in [2.45, 2.75) is 53.6 Å². The number of carbonyl (C=O) groups is 1. The molecule has 0 fully saturated rings. The standard InChI is InChI=1S/C14H18O3.C2H6/c1-5-16-13(15)11-7-9(2)6-10-8-14(3,4)17-12(10)11;1-2/h6-7H,5,8H2,1-4H3;1-2H3. The van der Waals surface area contributed by atoms with E-state index in [1.165, 1.54) is 0 Å². The van der Waals surface area contributed by atoms with E-state index in [0.29, 0.717) is 17.9 Å². The summed E-state index contributed by atoms with van der Waals surface area (Å²) in [6, 6.07) is 3.91. The fourth-order valence-corrected chi connectivity index (χ4v) is 2.23.